The molecule has 0 aliphatic heterocycles. The zero-order chi connectivity index (χ0) is 21.9. The summed E-state index contributed by atoms with van der Waals surface area (Å²) in [4.78, 5) is 12.4. The van der Waals surface area contributed by atoms with Gasteiger partial charge in [-0.05, 0) is 92.7 Å². The number of nitrogens with zero attached hydrogens (tertiary/aromatic N) is 3. The van der Waals surface area contributed by atoms with E-state index < -0.39 is 17.5 Å². The number of aromatic nitrogens is 3. The molecular weight excluding hydrogens is 410 g/mol. The van der Waals surface area contributed by atoms with Crippen LogP contribution in [0, 0.1) is 29.4 Å². The maximum absolute atomic E-state index is 13.9. The van der Waals surface area contributed by atoms with Crippen molar-refractivity contribution >= 4 is 11.6 Å². The van der Waals surface area contributed by atoms with Crippen molar-refractivity contribution in [3.05, 3.63) is 71.6 Å². The van der Waals surface area contributed by atoms with Gasteiger partial charge in [-0.25, -0.2) is 13.5 Å². The summed E-state index contributed by atoms with van der Waals surface area (Å²) in [6.07, 6.45) is 9.75. The molecule has 32 heavy (non-hydrogen) atoms. The average Bonchev–Trinajstić information content (AvgIpc) is 3.24. The van der Waals surface area contributed by atoms with Crippen LogP contribution < -0.4 is 5.32 Å². The highest BCUT2D eigenvalue weighted by Gasteiger charge is 2.53. The Morgan fingerprint density at radius 1 is 0.969 bits per heavy atom. The fourth-order valence-corrected chi connectivity index (χ4v) is 6.77. The number of nitrogens with one attached hydrogen (secondary N) is 1. The Morgan fingerprint density at radius 2 is 1.62 bits per heavy atom. The highest BCUT2D eigenvalue weighted by molar-refractivity contribution is 6.04. The highest BCUT2D eigenvalue weighted by Crippen LogP contribution is 2.60. The maximum Gasteiger partial charge on any atom is 0.258 e. The van der Waals surface area contributed by atoms with Crippen molar-refractivity contribution in [1.82, 2.24) is 15.0 Å². The molecule has 1 aromatic heterocycles. The third-order valence-corrected chi connectivity index (χ3v) is 7.68. The second-order valence-corrected chi connectivity index (χ2v) is 9.85. The summed E-state index contributed by atoms with van der Waals surface area (Å²) in [6, 6.07) is 10.2. The van der Waals surface area contributed by atoms with Gasteiger partial charge in [-0.3, -0.25) is 4.79 Å². The standard InChI is InChI=1S/C25H24F2N4O/c26-18-1-6-21(22(27)10-18)24(32)29-19-2-4-20(5-3-19)31-23(14-28-30-31)25-11-15-7-16(12-25)9-17(8-15)13-25/h1-6,10,14-17H,7-9,11-13H2,(H,29,32). The molecule has 4 saturated carbocycles. The Kier molecular flexibility index (Phi) is 4.42. The smallest absolute Gasteiger partial charge is 0.258 e. The summed E-state index contributed by atoms with van der Waals surface area (Å²) in [5.41, 5.74) is 2.58. The van der Waals surface area contributed by atoms with Crippen LogP contribution >= 0.6 is 0 Å². The maximum atomic E-state index is 13.9. The van der Waals surface area contributed by atoms with Gasteiger partial charge < -0.3 is 5.32 Å². The molecule has 1 N–H and O–H groups in total. The first-order valence-corrected chi connectivity index (χ1v) is 11.3. The van der Waals surface area contributed by atoms with E-state index in [1.54, 1.807) is 12.1 Å². The lowest BCUT2D eigenvalue weighted by Gasteiger charge is -2.56. The molecule has 4 fully saturated rings. The third kappa shape index (κ3) is 3.22. The molecule has 4 bridgehead atoms. The van der Waals surface area contributed by atoms with E-state index in [-0.39, 0.29) is 11.0 Å². The van der Waals surface area contributed by atoms with E-state index in [1.165, 1.54) is 44.2 Å². The lowest BCUT2D eigenvalue weighted by atomic mass is 9.49. The molecule has 0 spiro atoms. The van der Waals surface area contributed by atoms with Crippen molar-refractivity contribution in [2.75, 3.05) is 5.32 Å². The fourth-order valence-electron chi connectivity index (χ4n) is 6.77. The van der Waals surface area contributed by atoms with E-state index in [0.717, 1.165) is 35.6 Å². The van der Waals surface area contributed by atoms with Crippen LogP contribution in [0.25, 0.3) is 5.69 Å². The SMILES string of the molecule is O=C(Nc1ccc(-n2nncc2C23CC4CC(CC(C4)C2)C3)cc1)c1ccc(F)cc1F. The topological polar surface area (TPSA) is 59.8 Å². The Bertz CT molecular complexity index is 1150. The number of benzene rings is 2. The molecule has 0 atom stereocenters. The van der Waals surface area contributed by atoms with Crippen molar-refractivity contribution in [2.24, 2.45) is 17.8 Å². The summed E-state index contributed by atoms with van der Waals surface area (Å²) >= 11 is 0. The van der Waals surface area contributed by atoms with Crippen molar-refractivity contribution < 1.29 is 13.6 Å². The number of amides is 1. The minimum absolute atomic E-state index is 0.172. The molecule has 4 aliphatic rings. The first kappa shape index (κ1) is 19.6. The summed E-state index contributed by atoms with van der Waals surface area (Å²) in [5.74, 6) is 0.260. The van der Waals surface area contributed by atoms with E-state index in [1.807, 2.05) is 23.0 Å². The molecule has 1 heterocycles. The number of rotatable bonds is 4. The molecule has 5 nitrogen and oxygen atoms in total. The third-order valence-electron chi connectivity index (χ3n) is 7.68. The van der Waals surface area contributed by atoms with Gasteiger partial charge in [0.25, 0.3) is 5.91 Å². The molecule has 7 rings (SSSR count). The Hall–Kier alpha value is -3.09. The van der Waals surface area contributed by atoms with Crippen molar-refractivity contribution in [1.29, 1.82) is 0 Å². The zero-order valence-corrected chi connectivity index (χ0v) is 17.6. The minimum Gasteiger partial charge on any atom is -0.322 e. The summed E-state index contributed by atoms with van der Waals surface area (Å²) in [5, 5.41) is 11.3. The van der Waals surface area contributed by atoms with Gasteiger partial charge in [-0.1, -0.05) is 5.21 Å². The van der Waals surface area contributed by atoms with E-state index in [2.05, 4.69) is 15.6 Å². The van der Waals surface area contributed by atoms with Gasteiger partial charge in [0.1, 0.15) is 11.6 Å². The Balaban J connectivity index is 1.24. The molecule has 0 saturated heterocycles. The number of carbonyl (C=O) groups excluding carboxylic acids is 1. The molecule has 164 valence electrons. The molecule has 3 aromatic rings. The monoisotopic (exact) mass is 434 g/mol. The molecule has 0 unspecified atom stereocenters. The van der Waals surface area contributed by atoms with Crippen LogP contribution in [0.5, 0.6) is 0 Å². The van der Waals surface area contributed by atoms with Crippen LogP contribution in [0.2, 0.25) is 0 Å². The van der Waals surface area contributed by atoms with E-state index >= 15 is 0 Å². The van der Waals surface area contributed by atoms with Crippen molar-refractivity contribution in [3.8, 4) is 5.69 Å². The largest absolute Gasteiger partial charge is 0.322 e. The molecule has 7 heteroatoms. The van der Waals surface area contributed by atoms with Crippen molar-refractivity contribution in [3.63, 3.8) is 0 Å². The lowest BCUT2D eigenvalue weighted by molar-refractivity contribution is -0.00828. The van der Waals surface area contributed by atoms with Crippen LogP contribution in [0.15, 0.2) is 48.7 Å². The number of anilines is 1. The zero-order valence-electron chi connectivity index (χ0n) is 17.6. The fraction of sp³-hybridized carbons (Fsp3) is 0.400. The Morgan fingerprint density at radius 3 is 2.25 bits per heavy atom. The number of carbonyl (C=O) groups is 1. The molecule has 1 amide bonds. The quantitative estimate of drug-likeness (QED) is 0.609. The van der Waals surface area contributed by atoms with Gasteiger partial charge in [0, 0.05) is 17.2 Å². The second-order valence-electron chi connectivity index (χ2n) is 9.85. The molecule has 4 aliphatic carbocycles. The van der Waals surface area contributed by atoms with Crippen LogP contribution in [0.1, 0.15) is 54.6 Å². The van der Waals surface area contributed by atoms with Gasteiger partial charge in [-0.15, -0.1) is 5.10 Å². The predicted octanol–water partition coefficient (Wildman–Crippen LogP) is 5.27. The number of hydrogen-bond acceptors (Lipinski definition) is 3. The average molecular weight is 434 g/mol. The van der Waals surface area contributed by atoms with Gasteiger partial charge in [0.15, 0.2) is 0 Å². The molecular formula is C25H24F2N4O. The van der Waals surface area contributed by atoms with Crippen LogP contribution in [-0.4, -0.2) is 20.9 Å². The van der Waals surface area contributed by atoms with E-state index in [9.17, 15) is 13.6 Å². The van der Waals surface area contributed by atoms with Crippen LogP contribution in [0.4, 0.5) is 14.5 Å². The number of hydrogen-bond donors (Lipinski definition) is 1. The van der Waals surface area contributed by atoms with E-state index in [4.69, 9.17) is 0 Å². The number of halogens is 2. The highest BCUT2D eigenvalue weighted by atomic mass is 19.1. The summed E-state index contributed by atoms with van der Waals surface area (Å²) in [6.45, 7) is 0. The van der Waals surface area contributed by atoms with Gasteiger partial charge in [0.05, 0.1) is 23.1 Å². The Labute approximate surface area is 184 Å². The molecule has 2 aromatic carbocycles. The first-order valence-electron chi connectivity index (χ1n) is 11.3. The first-order chi connectivity index (χ1) is 15.5. The summed E-state index contributed by atoms with van der Waals surface area (Å²) < 4.78 is 28.9. The predicted molar refractivity (Wildman–Crippen MR) is 116 cm³/mol. The summed E-state index contributed by atoms with van der Waals surface area (Å²) in [7, 11) is 0. The normalized spacial score (nSPS) is 28.1. The van der Waals surface area contributed by atoms with Crippen LogP contribution in [-0.2, 0) is 5.41 Å². The molecule has 0 radical (unpaired) electrons. The lowest BCUT2D eigenvalue weighted by Crippen LogP contribution is -2.49. The van der Waals surface area contributed by atoms with Gasteiger partial charge in [-0.2, -0.15) is 0 Å². The second kappa shape index (κ2) is 7.22. The minimum atomic E-state index is -0.887. The van der Waals surface area contributed by atoms with Gasteiger partial charge >= 0.3 is 0 Å². The van der Waals surface area contributed by atoms with E-state index in [0.29, 0.717) is 11.8 Å². The van der Waals surface area contributed by atoms with Crippen molar-refractivity contribution in [2.45, 2.75) is 43.9 Å². The van der Waals surface area contributed by atoms with Crippen LogP contribution in [0.3, 0.4) is 0 Å². The van der Waals surface area contributed by atoms with Gasteiger partial charge in [0.2, 0.25) is 0 Å².